The largest absolute Gasteiger partial charge is 0.385 e. The van der Waals surface area contributed by atoms with Crippen molar-refractivity contribution in [1.29, 1.82) is 0 Å². The van der Waals surface area contributed by atoms with Crippen molar-refractivity contribution >= 4 is 5.69 Å². The molecule has 0 aromatic heterocycles. The first-order valence-electron chi connectivity index (χ1n) is 7.90. The molecule has 0 heterocycles. The molecule has 3 rings (SSSR count). The molecule has 21 heavy (non-hydrogen) atoms. The third-order valence-electron chi connectivity index (χ3n) is 4.54. The Morgan fingerprint density at radius 2 is 1.67 bits per heavy atom. The molecular weight excluding hydrogens is 256 g/mol. The van der Waals surface area contributed by atoms with Gasteiger partial charge in [-0.2, -0.15) is 0 Å². The zero-order valence-corrected chi connectivity index (χ0v) is 12.5. The summed E-state index contributed by atoms with van der Waals surface area (Å²) < 4.78 is 0. The van der Waals surface area contributed by atoms with Gasteiger partial charge in [0.2, 0.25) is 0 Å². The molecule has 1 aliphatic rings. The number of hydrogen-bond acceptors (Lipinski definition) is 2. The fraction of sp³-hybridized carbons (Fsp3) is 0.368. The number of nitrogens with two attached hydrogens (primary N) is 1. The molecule has 0 unspecified atom stereocenters. The summed E-state index contributed by atoms with van der Waals surface area (Å²) in [5.41, 5.74) is 10.3. The normalized spacial score (nSPS) is 16.2. The number of benzene rings is 2. The van der Waals surface area contributed by atoms with E-state index in [1.807, 2.05) is 0 Å². The topological polar surface area (TPSA) is 38.0 Å². The van der Waals surface area contributed by atoms with Crippen LogP contribution in [0.1, 0.15) is 36.8 Å². The van der Waals surface area contributed by atoms with Crippen molar-refractivity contribution in [2.24, 2.45) is 5.73 Å². The van der Waals surface area contributed by atoms with Gasteiger partial charge in [-0.25, -0.2) is 0 Å². The minimum absolute atomic E-state index is 0.0986. The van der Waals surface area contributed by atoms with Crippen molar-refractivity contribution in [3.63, 3.8) is 0 Å². The zero-order valence-electron chi connectivity index (χ0n) is 12.5. The first-order valence-corrected chi connectivity index (χ1v) is 7.90. The molecule has 1 fully saturated rings. The molecule has 0 atom stereocenters. The van der Waals surface area contributed by atoms with Gasteiger partial charge in [-0.15, -0.1) is 0 Å². The van der Waals surface area contributed by atoms with Gasteiger partial charge in [0, 0.05) is 17.8 Å². The summed E-state index contributed by atoms with van der Waals surface area (Å²) in [4.78, 5) is 0. The first-order chi connectivity index (χ1) is 10.3. The highest BCUT2D eigenvalue weighted by Crippen LogP contribution is 2.32. The van der Waals surface area contributed by atoms with Gasteiger partial charge in [-0.1, -0.05) is 48.5 Å². The van der Waals surface area contributed by atoms with Crippen LogP contribution in [0.4, 0.5) is 5.69 Å². The molecule has 110 valence electrons. The molecule has 0 spiro atoms. The van der Waals surface area contributed by atoms with Crippen LogP contribution in [0.25, 0.3) is 0 Å². The molecule has 0 radical (unpaired) electrons. The summed E-state index contributed by atoms with van der Waals surface area (Å²) in [6.45, 7) is 0.961. The fourth-order valence-corrected chi connectivity index (χ4v) is 2.99. The van der Waals surface area contributed by atoms with E-state index in [1.165, 1.54) is 36.1 Å². The van der Waals surface area contributed by atoms with Crippen LogP contribution in [0, 0.1) is 0 Å². The average Bonchev–Trinajstić information content (AvgIpc) is 2.48. The quantitative estimate of drug-likeness (QED) is 0.840. The van der Waals surface area contributed by atoms with Gasteiger partial charge >= 0.3 is 0 Å². The summed E-state index contributed by atoms with van der Waals surface area (Å²) in [5.74, 6) is 0. The van der Waals surface area contributed by atoms with Crippen LogP contribution in [-0.4, -0.2) is 12.1 Å². The van der Waals surface area contributed by atoms with Crippen LogP contribution in [0.2, 0.25) is 0 Å². The van der Waals surface area contributed by atoms with Crippen molar-refractivity contribution in [1.82, 2.24) is 0 Å². The molecule has 1 saturated carbocycles. The van der Waals surface area contributed by atoms with Gasteiger partial charge in [-0.3, -0.25) is 0 Å². The summed E-state index contributed by atoms with van der Waals surface area (Å²) in [6.07, 6.45) is 5.69. The van der Waals surface area contributed by atoms with Crippen molar-refractivity contribution < 1.29 is 0 Å². The van der Waals surface area contributed by atoms with Crippen LogP contribution in [0.5, 0.6) is 0 Å². The third-order valence-corrected chi connectivity index (χ3v) is 4.54. The maximum atomic E-state index is 6.29. The molecule has 2 aromatic carbocycles. The molecule has 0 amide bonds. The molecular formula is C19H24N2. The molecule has 2 heteroatoms. The van der Waals surface area contributed by atoms with Gasteiger partial charge in [0.25, 0.3) is 0 Å². The molecule has 1 aliphatic carbocycles. The Hall–Kier alpha value is -1.80. The van der Waals surface area contributed by atoms with Crippen LogP contribution in [0.15, 0.2) is 54.6 Å². The number of hydrogen-bond donors (Lipinski definition) is 2. The lowest BCUT2D eigenvalue weighted by molar-refractivity contribution is 0.237. The van der Waals surface area contributed by atoms with Gasteiger partial charge in [0.05, 0.1) is 0 Å². The van der Waals surface area contributed by atoms with Gasteiger partial charge in [-0.05, 0) is 49.3 Å². The highest BCUT2D eigenvalue weighted by molar-refractivity contribution is 5.52. The molecule has 0 bridgehead atoms. The SMILES string of the molecule is NC1(CCNc2ccccc2Cc2ccccc2)CCC1. The van der Waals surface area contributed by atoms with Crippen molar-refractivity contribution in [3.8, 4) is 0 Å². The van der Waals surface area contributed by atoms with E-state index in [0.717, 1.165) is 19.4 Å². The Balaban J connectivity index is 1.62. The lowest BCUT2D eigenvalue weighted by atomic mass is 9.75. The van der Waals surface area contributed by atoms with Crippen LogP contribution < -0.4 is 11.1 Å². The fourth-order valence-electron chi connectivity index (χ4n) is 2.99. The van der Waals surface area contributed by atoms with E-state index < -0.39 is 0 Å². The molecule has 2 aromatic rings. The van der Waals surface area contributed by atoms with E-state index in [0.29, 0.717) is 0 Å². The zero-order chi connectivity index (χ0) is 14.5. The lowest BCUT2D eigenvalue weighted by Gasteiger charge is -2.38. The molecule has 2 nitrogen and oxygen atoms in total. The molecule has 0 aliphatic heterocycles. The summed E-state index contributed by atoms with van der Waals surface area (Å²) >= 11 is 0. The lowest BCUT2D eigenvalue weighted by Crippen LogP contribution is -2.47. The van der Waals surface area contributed by atoms with E-state index in [9.17, 15) is 0 Å². The monoisotopic (exact) mass is 280 g/mol. The van der Waals surface area contributed by atoms with E-state index in [-0.39, 0.29) is 5.54 Å². The number of rotatable bonds is 6. The van der Waals surface area contributed by atoms with Crippen LogP contribution in [0.3, 0.4) is 0 Å². The smallest absolute Gasteiger partial charge is 0.0376 e. The Morgan fingerprint density at radius 3 is 2.38 bits per heavy atom. The second-order valence-corrected chi connectivity index (χ2v) is 6.21. The first kappa shape index (κ1) is 14.2. The third kappa shape index (κ3) is 3.64. The van der Waals surface area contributed by atoms with Crippen LogP contribution in [-0.2, 0) is 6.42 Å². The summed E-state index contributed by atoms with van der Waals surface area (Å²) in [6, 6.07) is 19.2. The van der Waals surface area contributed by atoms with Gasteiger partial charge in [0.15, 0.2) is 0 Å². The van der Waals surface area contributed by atoms with Crippen LogP contribution >= 0.6 is 0 Å². The highest BCUT2D eigenvalue weighted by Gasteiger charge is 2.31. The molecule has 0 saturated heterocycles. The number of para-hydroxylation sites is 1. The highest BCUT2D eigenvalue weighted by atomic mass is 14.9. The maximum Gasteiger partial charge on any atom is 0.0376 e. The standard InChI is InChI=1S/C19H24N2/c20-19(11-6-12-19)13-14-21-18-10-5-4-9-17(18)15-16-7-2-1-3-8-16/h1-5,7-10,21H,6,11-15,20H2. The second-order valence-electron chi connectivity index (χ2n) is 6.21. The minimum Gasteiger partial charge on any atom is -0.385 e. The van der Waals surface area contributed by atoms with Gasteiger partial charge in [0.1, 0.15) is 0 Å². The molecule has 3 N–H and O–H groups in total. The van der Waals surface area contributed by atoms with Gasteiger partial charge < -0.3 is 11.1 Å². The average molecular weight is 280 g/mol. The maximum absolute atomic E-state index is 6.29. The predicted molar refractivity (Wildman–Crippen MR) is 89.6 cm³/mol. The predicted octanol–water partition coefficient (Wildman–Crippen LogP) is 3.96. The van der Waals surface area contributed by atoms with Crippen molar-refractivity contribution in [3.05, 3.63) is 65.7 Å². The Bertz CT molecular complexity index is 573. The van der Waals surface area contributed by atoms with Crippen molar-refractivity contribution in [2.75, 3.05) is 11.9 Å². The second kappa shape index (κ2) is 6.31. The van der Waals surface area contributed by atoms with E-state index in [4.69, 9.17) is 5.73 Å². The Kier molecular flexibility index (Phi) is 4.26. The summed E-state index contributed by atoms with van der Waals surface area (Å²) in [7, 11) is 0. The Labute approximate surface area is 127 Å². The summed E-state index contributed by atoms with van der Waals surface area (Å²) in [5, 5.41) is 3.58. The van der Waals surface area contributed by atoms with E-state index >= 15 is 0 Å². The Morgan fingerprint density at radius 1 is 0.952 bits per heavy atom. The minimum atomic E-state index is 0.0986. The van der Waals surface area contributed by atoms with E-state index in [1.54, 1.807) is 0 Å². The number of nitrogens with one attached hydrogen (secondary N) is 1. The van der Waals surface area contributed by atoms with E-state index in [2.05, 4.69) is 59.9 Å². The van der Waals surface area contributed by atoms with Crippen molar-refractivity contribution in [2.45, 2.75) is 37.6 Å². The number of anilines is 1.